The van der Waals surface area contributed by atoms with E-state index in [-0.39, 0.29) is 12.4 Å². The van der Waals surface area contributed by atoms with Crippen molar-refractivity contribution < 1.29 is 27.2 Å². The van der Waals surface area contributed by atoms with Crippen molar-refractivity contribution >= 4 is 17.6 Å². The largest absolute Gasteiger partial charge is 0.471 e. The summed E-state index contributed by atoms with van der Waals surface area (Å²) in [4.78, 5) is 21.9. The van der Waals surface area contributed by atoms with Gasteiger partial charge in [0.25, 0.3) is 0 Å². The minimum Gasteiger partial charge on any atom is -0.444 e. The summed E-state index contributed by atoms with van der Waals surface area (Å²) in [5, 5.41) is 5.85. The molecule has 0 unspecified atom stereocenters. The number of hydrogen-bond donors (Lipinski definition) is 1. The Balaban J connectivity index is 1.29. The van der Waals surface area contributed by atoms with E-state index in [2.05, 4.69) is 29.9 Å². The number of nitrogens with one attached hydrogen (secondary N) is 1. The summed E-state index contributed by atoms with van der Waals surface area (Å²) < 4.78 is 47.0. The van der Waals surface area contributed by atoms with E-state index < -0.39 is 18.2 Å². The number of carbonyl (C=O) groups is 1. The molecule has 8 nitrogen and oxygen atoms in total. The van der Waals surface area contributed by atoms with E-state index in [0.29, 0.717) is 11.3 Å². The highest BCUT2D eigenvalue weighted by Crippen LogP contribution is 2.29. The van der Waals surface area contributed by atoms with Crippen molar-refractivity contribution in [3.05, 3.63) is 54.0 Å². The van der Waals surface area contributed by atoms with Gasteiger partial charge in [-0.1, -0.05) is 11.2 Å². The third-order valence-corrected chi connectivity index (χ3v) is 4.67. The maximum Gasteiger partial charge on any atom is 0.471 e. The van der Waals surface area contributed by atoms with Crippen LogP contribution in [0.25, 0.3) is 11.4 Å². The fourth-order valence-corrected chi connectivity index (χ4v) is 3.10. The maximum atomic E-state index is 12.5. The number of halogens is 3. The number of carbonyl (C=O) groups excluding carboxylic acids is 1. The van der Waals surface area contributed by atoms with Crippen LogP contribution in [0.5, 0.6) is 0 Å². The molecular weight excluding hydrogens is 415 g/mol. The molecule has 1 saturated heterocycles. The summed E-state index contributed by atoms with van der Waals surface area (Å²) in [7, 11) is 0. The fourth-order valence-electron chi connectivity index (χ4n) is 3.10. The van der Waals surface area contributed by atoms with Crippen LogP contribution in [-0.2, 0) is 17.5 Å². The minimum atomic E-state index is -4.71. The van der Waals surface area contributed by atoms with Crippen molar-refractivity contribution in [2.75, 3.05) is 23.3 Å². The maximum absolute atomic E-state index is 12.5. The van der Waals surface area contributed by atoms with Crippen LogP contribution >= 0.6 is 0 Å². The molecule has 3 aromatic rings. The van der Waals surface area contributed by atoms with Gasteiger partial charge in [-0.15, -0.1) is 0 Å². The van der Waals surface area contributed by atoms with Gasteiger partial charge in [0.1, 0.15) is 12.4 Å². The Bertz CT molecular complexity index is 1030. The van der Waals surface area contributed by atoms with E-state index in [9.17, 15) is 18.0 Å². The molecular formula is C20H18F3N5O3. The molecule has 0 saturated carbocycles. The summed E-state index contributed by atoms with van der Waals surface area (Å²) in [6.07, 6.45) is -1.37. The van der Waals surface area contributed by atoms with Crippen molar-refractivity contribution in [1.29, 1.82) is 0 Å². The lowest BCUT2D eigenvalue weighted by atomic mass is 10.2. The third-order valence-electron chi connectivity index (χ3n) is 4.67. The molecule has 0 spiro atoms. The average Bonchev–Trinajstić information content (AvgIpc) is 3.45. The smallest absolute Gasteiger partial charge is 0.444 e. The second-order valence-electron chi connectivity index (χ2n) is 6.92. The molecule has 1 amide bonds. The zero-order valence-electron chi connectivity index (χ0n) is 16.2. The number of amides is 1. The van der Waals surface area contributed by atoms with E-state index in [4.69, 9.17) is 4.74 Å². The van der Waals surface area contributed by atoms with Gasteiger partial charge in [-0.25, -0.2) is 9.78 Å². The molecule has 162 valence electrons. The lowest BCUT2D eigenvalue weighted by Crippen LogP contribution is -2.19. The van der Waals surface area contributed by atoms with Gasteiger partial charge in [-0.3, -0.25) is 5.32 Å². The minimum absolute atomic E-state index is 0.0558. The predicted molar refractivity (Wildman–Crippen MR) is 104 cm³/mol. The Kier molecular flexibility index (Phi) is 5.74. The van der Waals surface area contributed by atoms with Crippen LogP contribution in [0.1, 0.15) is 24.3 Å². The standard InChI is InChI=1S/C20H18F3N5O3/c21-20(22,23)18-26-17(27-31-18)14-4-6-15(7-5-14)25-19(29)30-12-13-3-8-16(24-11-13)28-9-1-2-10-28/h3-8,11H,1-2,9-10,12H2,(H,25,29). The molecule has 1 aliphatic heterocycles. The summed E-state index contributed by atoms with van der Waals surface area (Å²) in [5.41, 5.74) is 1.46. The molecule has 11 heteroatoms. The zero-order chi connectivity index (χ0) is 21.8. The molecule has 0 aliphatic carbocycles. The van der Waals surface area contributed by atoms with E-state index in [1.165, 1.54) is 24.3 Å². The van der Waals surface area contributed by atoms with Gasteiger partial charge in [0, 0.05) is 36.1 Å². The van der Waals surface area contributed by atoms with Crippen LogP contribution in [0.4, 0.5) is 29.5 Å². The summed E-state index contributed by atoms with van der Waals surface area (Å²) in [6.45, 7) is 2.06. The molecule has 0 radical (unpaired) electrons. The number of benzene rings is 1. The van der Waals surface area contributed by atoms with Gasteiger partial charge in [0.15, 0.2) is 0 Å². The van der Waals surface area contributed by atoms with E-state index in [1.54, 1.807) is 6.20 Å². The number of rotatable bonds is 5. The molecule has 4 rings (SSSR count). The Morgan fingerprint density at radius 2 is 1.87 bits per heavy atom. The molecule has 1 N–H and O–H groups in total. The molecule has 1 fully saturated rings. The number of aromatic nitrogens is 3. The predicted octanol–water partition coefficient (Wildman–Crippen LogP) is 4.50. The van der Waals surface area contributed by atoms with Crippen LogP contribution < -0.4 is 10.2 Å². The van der Waals surface area contributed by atoms with Gasteiger partial charge < -0.3 is 14.2 Å². The van der Waals surface area contributed by atoms with Crippen LogP contribution in [-0.4, -0.2) is 34.3 Å². The first-order chi connectivity index (χ1) is 14.9. The highest BCUT2D eigenvalue weighted by Gasteiger charge is 2.38. The van der Waals surface area contributed by atoms with Crippen molar-refractivity contribution in [3.8, 4) is 11.4 Å². The number of hydrogen-bond acceptors (Lipinski definition) is 7. The molecule has 0 bridgehead atoms. The Labute approximate surface area is 175 Å². The molecule has 2 aromatic heterocycles. The highest BCUT2D eigenvalue weighted by atomic mass is 19.4. The first-order valence-corrected chi connectivity index (χ1v) is 9.53. The number of alkyl halides is 3. The number of ether oxygens (including phenoxy) is 1. The summed E-state index contributed by atoms with van der Waals surface area (Å²) >= 11 is 0. The van der Waals surface area contributed by atoms with Crippen LogP contribution in [0.15, 0.2) is 47.1 Å². The van der Waals surface area contributed by atoms with Crippen LogP contribution in [0.2, 0.25) is 0 Å². The van der Waals surface area contributed by atoms with Crippen molar-refractivity contribution in [3.63, 3.8) is 0 Å². The first kappa shape index (κ1) is 20.6. The molecule has 1 aliphatic rings. The van der Waals surface area contributed by atoms with Gasteiger partial charge in [0.05, 0.1) is 0 Å². The monoisotopic (exact) mass is 433 g/mol. The van der Waals surface area contributed by atoms with Crippen LogP contribution in [0, 0.1) is 0 Å². The van der Waals surface area contributed by atoms with Crippen molar-refractivity contribution in [2.24, 2.45) is 0 Å². The Hall–Kier alpha value is -3.63. The third kappa shape index (κ3) is 5.11. The number of nitrogens with zero attached hydrogens (tertiary/aromatic N) is 4. The molecule has 1 aromatic carbocycles. The normalized spacial score (nSPS) is 14.0. The zero-order valence-corrected chi connectivity index (χ0v) is 16.2. The molecule has 3 heterocycles. The van der Waals surface area contributed by atoms with Gasteiger partial charge in [-0.05, 0) is 43.2 Å². The van der Waals surface area contributed by atoms with Gasteiger partial charge in [0.2, 0.25) is 5.82 Å². The first-order valence-electron chi connectivity index (χ1n) is 9.53. The average molecular weight is 433 g/mol. The summed E-state index contributed by atoms with van der Waals surface area (Å²) in [5.74, 6) is -0.711. The number of pyridine rings is 1. The molecule has 0 atom stereocenters. The van der Waals surface area contributed by atoms with E-state index in [1.807, 2.05) is 12.1 Å². The number of anilines is 2. The van der Waals surface area contributed by atoms with Crippen molar-refractivity contribution in [2.45, 2.75) is 25.6 Å². The lowest BCUT2D eigenvalue weighted by molar-refractivity contribution is -0.159. The lowest BCUT2D eigenvalue weighted by Gasteiger charge is -2.16. The van der Waals surface area contributed by atoms with Crippen LogP contribution in [0.3, 0.4) is 0 Å². The van der Waals surface area contributed by atoms with Gasteiger partial charge in [-0.2, -0.15) is 18.2 Å². The van der Waals surface area contributed by atoms with Crippen molar-refractivity contribution in [1.82, 2.24) is 15.1 Å². The highest BCUT2D eigenvalue weighted by molar-refractivity contribution is 5.84. The fraction of sp³-hybridized carbons (Fsp3) is 0.300. The summed E-state index contributed by atoms with van der Waals surface area (Å²) in [6, 6.07) is 9.67. The second kappa shape index (κ2) is 8.62. The molecule has 31 heavy (non-hydrogen) atoms. The Morgan fingerprint density at radius 3 is 2.48 bits per heavy atom. The Morgan fingerprint density at radius 1 is 1.13 bits per heavy atom. The van der Waals surface area contributed by atoms with Gasteiger partial charge >= 0.3 is 18.2 Å². The van der Waals surface area contributed by atoms with E-state index >= 15 is 0 Å². The van der Waals surface area contributed by atoms with E-state index in [0.717, 1.165) is 37.3 Å². The SMILES string of the molecule is O=C(Nc1ccc(-c2noc(C(F)(F)F)n2)cc1)OCc1ccc(N2CCCC2)nc1. The quantitative estimate of drug-likeness (QED) is 0.633. The topological polar surface area (TPSA) is 93.4 Å². The second-order valence-corrected chi connectivity index (χ2v) is 6.92.